The van der Waals surface area contributed by atoms with Gasteiger partial charge in [-0.25, -0.2) is 9.78 Å². The van der Waals surface area contributed by atoms with Crippen molar-refractivity contribution in [1.82, 2.24) is 14.1 Å². The number of nitrogens with zero attached hydrogens (tertiary/aromatic N) is 4. The molecule has 0 aliphatic rings. The molecule has 2 aromatic heterocycles. The molecule has 0 radical (unpaired) electrons. The Kier molecular flexibility index (Phi) is 5.72. The minimum Gasteiger partial charge on any atom is -0.493 e. The Hall–Kier alpha value is -4.22. The van der Waals surface area contributed by atoms with Crippen LogP contribution >= 0.6 is 0 Å². The molecule has 12 heteroatoms. The number of nitrogens with one attached hydrogen (secondary N) is 1. The number of hydrogen-bond donors (Lipinski definition) is 1. The van der Waals surface area contributed by atoms with E-state index in [2.05, 4.69) is 10.3 Å². The molecule has 0 fully saturated rings. The van der Waals surface area contributed by atoms with Crippen LogP contribution in [-0.4, -0.2) is 38.7 Å². The number of anilines is 1. The van der Waals surface area contributed by atoms with E-state index in [4.69, 9.17) is 9.47 Å². The van der Waals surface area contributed by atoms with Crippen molar-refractivity contribution >= 4 is 28.3 Å². The van der Waals surface area contributed by atoms with Crippen LogP contribution in [-0.2, 0) is 14.1 Å². The maximum atomic E-state index is 12.8. The van der Waals surface area contributed by atoms with Crippen LogP contribution in [0.5, 0.6) is 11.5 Å². The third-order valence-electron chi connectivity index (χ3n) is 4.57. The summed E-state index contributed by atoms with van der Waals surface area (Å²) in [6, 6.07) is 3.66. The van der Waals surface area contributed by atoms with Gasteiger partial charge in [-0.2, -0.15) is 0 Å². The number of carbonyl (C=O) groups is 1. The normalized spacial score (nSPS) is 10.7. The number of ether oxygens (including phenoxy) is 2. The molecule has 0 spiro atoms. The highest BCUT2D eigenvalue weighted by Gasteiger charge is 2.25. The Morgan fingerprint density at radius 2 is 1.90 bits per heavy atom. The number of aromatic nitrogens is 3. The smallest absolute Gasteiger partial charge is 0.332 e. The molecule has 0 aliphatic carbocycles. The van der Waals surface area contributed by atoms with Crippen LogP contribution in [0.4, 0.5) is 11.4 Å². The SMILES string of the molecule is CCOc1cc(C(=O)Nc2cnc3c(c2)c(=O)n(C)c(=O)n3C)c([N+](=O)[O-])cc1OC. The maximum absolute atomic E-state index is 12.8. The lowest BCUT2D eigenvalue weighted by Gasteiger charge is -2.12. The van der Waals surface area contributed by atoms with E-state index >= 15 is 0 Å². The molecule has 3 rings (SSSR count). The van der Waals surface area contributed by atoms with Gasteiger partial charge in [0.1, 0.15) is 11.2 Å². The van der Waals surface area contributed by atoms with Gasteiger partial charge in [0, 0.05) is 20.2 Å². The third-order valence-corrected chi connectivity index (χ3v) is 4.57. The summed E-state index contributed by atoms with van der Waals surface area (Å²) in [4.78, 5) is 52.1. The fourth-order valence-corrected chi connectivity index (χ4v) is 3.04. The predicted octanol–water partition coefficient (Wildman–Crippen LogP) is 1.20. The highest BCUT2D eigenvalue weighted by molar-refractivity contribution is 6.08. The molecule has 1 N–H and O–H groups in total. The molecule has 1 amide bonds. The van der Waals surface area contributed by atoms with E-state index in [1.807, 2.05) is 0 Å². The molecule has 0 saturated carbocycles. The monoisotopic (exact) mass is 429 g/mol. The van der Waals surface area contributed by atoms with Crippen LogP contribution in [0.2, 0.25) is 0 Å². The number of pyridine rings is 1. The number of benzene rings is 1. The summed E-state index contributed by atoms with van der Waals surface area (Å²) in [5.41, 5.74) is -1.61. The average Bonchev–Trinajstić information content (AvgIpc) is 2.75. The molecule has 0 unspecified atom stereocenters. The minimum atomic E-state index is -0.807. The highest BCUT2D eigenvalue weighted by atomic mass is 16.6. The van der Waals surface area contributed by atoms with Crippen LogP contribution in [0.3, 0.4) is 0 Å². The molecule has 1 aromatic carbocycles. The van der Waals surface area contributed by atoms with Crippen molar-refractivity contribution in [3.05, 3.63) is 60.9 Å². The van der Waals surface area contributed by atoms with E-state index < -0.39 is 27.8 Å². The first-order chi connectivity index (χ1) is 14.7. The molecular weight excluding hydrogens is 410 g/mol. The number of nitro groups is 1. The maximum Gasteiger partial charge on any atom is 0.332 e. The van der Waals surface area contributed by atoms with Crippen molar-refractivity contribution in [3.8, 4) is 11.5 Å². The number of aryl methyl sites for hydroxylation is 1. The molecular formula is C19H19N5O7. The lowest BCUT2D eigenvalue weighted by Crippen LogP contribution is -2.37. The zero-order valence-electron chi connectivity index (χ0n) is 17.2. The van der Waals surface area contributed by atoms with Crippen LogP contribution in [0.15, 0.2) is 34.0 Å². The van der Waals surface area contributed by atoms with Gasteiger partial charge in [0.2, 0.25) is 0 Å². The predicted molar refractivity (Wildman–Crippen MR) is 111 cm³/mol. The first kappa shape index (κ1) is 21.5. The summed E-state index contributed by atoms with van der Waals surface area (Å²) in [5, 5.41) is 14.1. The number of fused-ring (bicyclic) bond motifs is 1. The summed E-state index contributed by atoms with van der Waals surface area (Å²) in [6.45, 7) is 1.97. The number of methoxy groups -OCH3 is 1. The molecule has 162 valence electrons. The first-order valence-corrected chi connectivity index (χ1v) is 9.05. The van der Waals surface area contributed by atoms with Gasteiger partial charge < -0.3 is 14.8 Å². The third kappa shape index (κ3) is 3.82. The van der Waals surface area contributed by atoms with Gasteiger partial charge in [-0.15, -0.1) is 0 Å². The lowest BCUT2D eigenvalue weighted by atomic mass is 10.1. The molecule has 0 bridgehead atoms. The average molecular weight is 429 g/mol. The number of hydrogen-bond acceptors (Lipinski definition) is 8. The van der Waals surface area contributed by atoms with E-state index in [0.29, 0.717) is 0 Å². The summed E-state index contributed by atoms with van der Waals surface area (Å²) in [7, 11) is 4.12. The van der Waals surface area contributed by atoms with Crippen LogP contribution < -0.4 is 26.0 Å². The van der Waals surface area contributed by atoms with E-state index in [9.17, 15) is 24.5 Å². The zero-order chi connectivity index (χ0) is 22.9. The van der Waals surface area contributed by atoms with Crippen molar-refractivity contribution in [2.45, 2.75) is 6.92 Å². The van der Waals surface area contributed by atoms with Gasteiger partial charge in [-0.1, -0.05) is 0 Å². The molecule has 2 heterocycles. The van der Waals surface area contributed by atoms with Gasteiger partial charge >= 0.3 is 5.69 Å². The summed E-state index contributed by atoms with van der Waals surface area (Å²) >= 11 is 0. The fraction of sp³-hybridized carbons (Fsp3) is 0.263. The van der Waals surface area contributed by atoms with Gasteiger partial charge in [-0.3, -0.25) is 28.8 Å². The van der Waals surface area contributed by atoms with Crippen molar-refractivity contribution in [2.24, 2.45) is 14.1 Å². The van der Waals surface area contributed by atoms with Crippen molar-refractivity contribution in [3.63, 3.8) is 0 Å². The van der Waals surface area contributed by atoms with E-state index in [-0.39, 0.29) is 40.4 Å². The van der Waals surface area contributed by atoms with E-state index in [1.165, 1.54) is 44.1 Å². The van der Waals surface area contributed by atoms with Crippen LogP contribution in [0.25, 0.3) is 11.0 Å². The molecule has 0 atom stereocenters. The summed E-state index contributed by atoms with van der Waals surface area (Å²) in [6.07, 6.45) is 1.25. The zero-order valence-corrected chi connectivity index (χ0v) is 17.2. The van der Waals surface area contributed by atoms with Gasteiger partial charge in [0.15, 0.2) is 11.5 Å². The second-order valence-electron chi connectivity index (χ2n) is 6.47. The Morgan fingerprint density at radius 3 is 2.52 bits per heavy atom. The quantitative estimate of drug-likeness (QED) is 0.454. The largest absolute Gasteiger partial charge is 0.493 e. The van der Waals surface area contributed by atoms with Crippen LogP contribution in [0.1, 0.15) is 17.3 Å². The first-order valence-electron chi connectivity index (χ1n) is 9.05. The van der Waals surface area contributed by atoms with E-state index in [1.54, 1.807) is 6.92 Å². The Labute approximate surface area is 174 Å². The minimum absolute atomic E-state index is 0.0987. The van der Waals surface area contributed by atoms with Crippen molar-refractivity contribution < 1.29 is 19.2 Å². The van der Waals surface area contributed by atoms with Gasteiger partial charge in [0.25, 0.3) is 17.2 Å². The topological polar surface area (TPSA) is 148 Å². The second kappa shape index (κ2) is 8.26. The Bertz CT molecular complexity index is 1330. The molecule has 12 nitrogen and oxygen atoms in total. The lowest BCUT2D eigenvalue weighted by molar-refractivity contribution is -0.385. The van der Waals surface area contributed by atoms with Gasteiger partial charge in [-0.05, 0) is 13.0 Å². The molecule has 0 aliphatic heterocycles. The standard InChI is InChI=1S/C19H19N5O7/c1-5-31-15-7-11(13(24(28)29)8-14(15)30-4)17(25)21-10-6-12-16(20-9-10)22(2)19(27)23(3)18(12)26/h6-9H,5H2,1-4H3,(H,21,25). The Balaban J connectivity index is 2.08. The van der Waals surface area contributed by atoms with E-state index in [0.717, 1.165) is 10.6 Å². The Morgan fingerprint density at radius 1 is 1.19 bits per heavy atom. The molecule has 31 heavy (non-hydrogen) atoms. The van der Waals surface area contributed by atoms with Crippen molar-refractivity contribution in [2.75, 3.05) is 19.0 Å². The molecule has 3 aromatic rings. The number of amides is 1. The number of rotatable bonds is 6. The van der Waals surface area contributed by atoms with Crippen molar-refractivity contribution in [1.29, 1.82) is 0 Å². The second-order valence-corrected chi connectivity index (χ2v) is 6.47. The van der Waals surface area contributed by atoms with Gasteiger partial charge in [0.05, 0.1) is 42.0 Å². The molecule has 0 saturated heterocycles. The number of nitro benzene ring substituents is 1. The number of carbonyl (C=O) groups excluding carboxylic acids is 1. The van der Waals surface area contributed by atoms with Crippen LogP contribution in [0, 0.1) is 10.1 Å². The summed E-state index contributed by atoms with van der Waals surface area (Å²) < 4.78 is 12.6. The highest BCUT2D eigenvalue weighted by Crippen LogP contribution is 2.35. The fourth-order valence-electron chi connectivity index (χ4n) is 3.04. The summed E-state index contributed by atoms with van der Waals surface area (Å²) in [5.74, 6) is -0.527.